The number of nitrogens with one attached hydrogen (secondary N) is 1. The van der Waals surface area contributed by atoms with E-state index >= 15 is 0 Å². The van der Waals surface area contributed by atoms with Gasteiger partial charge in [-0.25, -0.2) is 0 Å². The molecule has 118 valence electrons. The van der Waals surface area contributed by atoms with Crippen LogP contribution in [0.5, 0.6) is 0 Å². The zero-order chi connectivity index (χ0) is 15.9. The van der Waals surface area contributed by atoms with Crippen LogP contribution in [0.4, 0.5) is 0 Å². The summed E-state index contributed by atoms with van der Waals surface area (Å²) in [6.45, 7) is 0.862. The van der Waals surface area contributed by atoms with Gasteiger partial charge in [0.1, 0.15) is 17.8 Å². The Balaban J connectivity index is 1.50. The summed E-state index contributed by atoms with van der Waals surface area (Å²) in [4.78, 5) is 14.2. The average Bonchev–Trinajstić information content (AvgIpc) is 3.27. The molecular weight excluding hydrogens is 296 g/mol. The molecule has 1 fully saturated rings. The van der Waals surface area contributed by atoms with Crippen molar-refractivity contribution in [1.82, 2.24) is 30.1 Å². The van der Waals surface area contributed by atoms with E-state index in [1.807, 2.05) is 24.3 Å². The van der Waals surface area contributed by atoms with E-state index in [1.54, 1.807) is 15.8 Å². The minimum Gasteiger partial charge on any atom is -0.381 e. The number of benzene rings is 1. The van der Waals surface area contributed by atoms with E-state index in [0.29, 0.717) is 18.7 Å². The number of H-pyrrole nitrogens is 1. The molecule has 1 aromatic carbocycles. The maximum absolute atomic E-state index is 12.5. The fourth-order valence-corrected chi connectivity index (χ4v) is 3.02. The van der Waals surface area contributed by atoms with Crippen LogP contribution in [-0.4, -0.2) is 54.2 Å². The molecule has 1 atom stereocenters. The highest BCUT2D eigenvalue weighted by molar-refractivity contribution is 5.82. The molecule has 1 aliphatic heterocycles. The zero-order valence-corrected chi connectivity index (χ0v) is 12.4. The highest BCUT2D eigenvalue weighted by Crippen LogP contribution is 2.30. The molecule has 0 unspecified atom stereocenters. The van der Waals surface area contributed by atoms with E-state index in [0.717, 1.165) is 10.9 Å². The molecule has 3 aromatic rings. The third-order valence-corrected chi connectivity index (χ3v) is 4.33. The molecule has 2 aromatic heterocycles. The third-order valence-electron chi connectivity index (χ3n) is 4.33. The Labute approximate surface area is 131 Å². The molecule has 0 aliphatic carbocycles. The lowest BCUT2D eigenvalue weighted by atomic mass is 10.0. The second-order valence-corrected chi connectivity index (χ2v) is 5.81. The van der Waals surface area contributed by atoms with E-state index in [4.69, 9.17) is 0 Å². The molecule has 1 aliphatic rings. The van der Waals surface area contributed by atoms with E-state index in [-0.39, 0.29) is 19.0 Å². The Morgan fingerprint density at radius 2 is 2.22 bits per heavy atom. The number of aromatic nitrogens is 5. The molecule has 0 spiro atoms. The fraction of sp³-hybridized carbons (Fsp3) is 0.333. The lowest BCUT2D eigenvalue weighted by molar-refractivity contribution is -0.132. The summed E-state index contributed by atoms with van der Waals surface area (Å²) in [5, 5.41) is 26.1. The first-order valence-electron chi connectivity index (χ1n) is 7.43. The number of amides is 1. The molecule has 8 nitrogen and oxygen atoms in total. The van der Waals surface area contributed by atoms with Gasteiger partial charge in [-0.05, 0) is 6.07 Å². The Hall–Kier alpha value is -2.74. The summed E-state index contributed by atoms with van der Waals surface area (Å²) >= 11 is 0. The molecule has 4 rings (SSSR count). The van der Waals surface area contributed by atoms with Crippen molar-refractivity contribution in [2.45, 2.75) is 18.6 Å². The van der Waals surface area contributed by atoms with Gasteiger partial charge < -0.3 is 10.0 Å². The van der Waals surface area contributed by atoms with Crippen LogP contribution in [0, 0.1) is 0 Å². The van der Waals surface area contributed by atoms with Crippen molar-refractivity contribution in [3.63, 3.8) is 0 Å². The van der Waals surface area contributed by atoms with Crippen molar-refractivity contribution in [3.8, 4) is 0 Å². The SMILES string of the molecule is O=C(Cn1ncc2ccccc21)N1CC[C@](O)(c2cn[nH]n2)C1. The maximum atomic E-state index is 12.5. The molecule has 1 saturated heterocycles. The number of rotatable bonds is 3. The van der Waals surface area contributed by atoms with Crippen LogP contribution in [0.2, 0.25) is 0 Å². The van der Waals surface area contributed by atoms with Gasteiger partial charge in [-0.15, -0.1) is 0 Å². The van der Waals surface area contributed by atoms with Gasteiger partial charge >= 0.3 is 0 Å². The fourth-order valence-electron chi connectivity index (χ4n) is 3.02. The lowest BCUT2D eigenvalue weighted by Crippen LogP contribution is -2.36. The quantitative estimate of drug-likeness (QED) is 0.723. The van der Waals surface area contributed by atoms with Crippen molar-refractivity contribution in [2.75, 3.05) is 13.1 Å². The molecule has 1 amide bonds. The smallest absolute Gasteiger partial charge is 0.244 e. The number of nitrogens with zero attached hydrogens (tertiary/aromatic N) is 5. The van der Waals surface area contributed by atoms with E-state index in [9.17, 15) is 9.90 Å². The summed E-state index contributed by atoms with van der Waals surface area (Å²) in [5.74, 6) is -0.0710. The molecular formula is C15H16N6O2. The minimum absolute atomic E-state index is 0.0710. The summed E-state index contributed by atoms with van der Waals surface area (Å²) in [6.07, 6.45) is 3.69. The van der Waals surface area contributed by atoms with E-state index in [2.05, 4.69) is 20.5 Å². The second-order valence-electron chi connectivity index (χ2n) is 5.81. The molecule has 23 heavy (non-hydrogen) atoms. The Kier molecular flexibility index (Phi) is 3.12. The van der Waals surface area contributed by atoms with Gasteiger partial charge in [-0.1, -0.05) is 18.2 Å². The normalized spacial score (nSPS) is 21.2. The molecule has 2 N–H and O–H groups in total. The Bertz CT molecular complexity index is 843. The topological polar surface area (TPSA) is 99.9 Å². The summed E-state index contributed by atoms with van der Waals surface area (Å²) in [5.41, 5.74) is 0.263. The number of aromatic amines is 1. The first kappa shape index (κ1) is 13.9. The minimum atomic E-state index is -1.13. The standard InChI is InChI=1S/C15H16N6O2/c22-14(9-21-12-4-2-1-3-11(12)7-17-21)20-6-5-15(23,10-20)13-8-16-19-18-13/h1-4,7-8,23H,5-6,9-10H2,(H,16,18,19)/t15-/m1/s1. The largest absolute Gasteiger partial charge is 0.381 e. The van der Waals surface area contributed by atoms with E-state index < -0.39 is 5.60 Å². The lowest BCUT2D eigenvalue weighted by Gasteiger charge is -2.21. The number of aliphatic hydroxyl groups is 1. The Morgan fingerprint density at radius 1 is 1.35 bits per heavy atom. The third kappa shape index (κ3) is 2.36. The highest BCUT2D eigenvalue weighted by Gasteiger charge is 2.41. The second kappa shape index (κ2) is 5.17. The molecule has 8 heteroatoms. The first-order valence-corrected chi connectivity index (χ1v) is 7.43. The van der Waals surface area contributed by atoms with Crippen LogP contribution in [0.25, 0.3) is 10.9 Å². The number of para-hydroxylation sites is 1. The van der Waals surface area contributed by atoms with Crippen LogP contribution >= 0.6 is 0 Å². The number of fused-ring (bicyclic) bond motifs is 1. The van der Waals surface area contributed by atoms with Gasteiger partial charge in [0.15, 0.2) is 0 Å². The number of carbonyl (C=O) groups is 1. The van der Waals surface area contributed by atoms with Crippen molar-refractivity contribution >= 4 is 16.8 Å². The number of carbonyl (C=O) groups excluding carboxylic acids is 1. The zero-order valence-electron chi connectivity index (χ0n) is 12.4. The summed E-state index contributed by atoms with van der Waals surface area (Å²) in [7, 11) is 0. The predicted molar refractivity (Wildman–Crippen MR) is 81.2 cm³/mol. The van der Waals surface area contributed by atoms with Crippen LogP contribution in [-0.2, 0) is 16.9 Å². The van der Waals surface area contributed by atoms with Crippen molar-refractivity contribution in [1.29, 1.82) is 0 Å². The Morgan fingerprint density at radius 3 is 3.04 bits per heavy atom. The highest BCUT2D eigenvalue weighted by atomic mass is 16.3. The monoisotopic (exact) mass is 312 g/mol. The van der Waals surface area contributed by atoms with Crippen LogP contribution in [0.1, 0.15) is 12.1 Å². The van der Waals surface area contributed by atoms with Gasteiger partial charge in [-0.2, -0.15) is 20.5 Å². The molecule has 0 bridgehead atoms. The van der Waals surface area contributed by atoms with Gasteiger partial charge in [0.2, 0.25) is 5.91 Å². The molecule has 3 heterocycles. The van der Waals surface area contributed by atoms with Crippen LogP contribution < -0.4 is 0 Å². The average molecular weight is 312 g/mol. The number of β-amino-alcohol motifs (C(OH)–C–C–N with tert-alkyl or cyclic N) is 1. The number of hydrogen-bond donors (Lipinski definition) is 2. The molecule has 0 radical (unpaired) electrons. The summed E-state index contributed by atoms with van der Waals surface area (Å²) in [6, 6.07) is 7.76. The summed E-state index contributed by atoms with van der Waals surface area (Å²) < 4.78 is 1.69. The first-order chi connectivity index (χ1) is 11.2. The van der Waals surface area contributed by atoms with Crippen molar-refractivity contribution in [2.24, 2.45) is 0 Å². The van der Waals surface area contributed by atoms with Crippen LogP contribution in [0.15, 0.2) is 36.7 Å². The van der Waals surface area contributed by atoms with Gasteiger partial charge in [0.25, 0.3) is 0 Å². The number of hydrogen-bond acceptors (Lipinski definition) is 5. The van der Waals surface area contributed by atoms with Gasteiger partial charge in [0, 0.05) is 18.4 Å². The van der Waals surface area contributed by atoms with Gasteiger partial charge in [0.05, 0.1) is 24.5 Å². The van der Waals surface area contributed by atoms with Gasteiger partial charge in [-0.3, -0.25) is 9.48 Å². The molecule has 0 saturated carbocycles. The maximum Gasteiger partial charge on any atom is 0.244 e. The van der Waals surface area contributed by atoms with E-state index in [1.165, 1.54) is 6.20 Å². The predicted octanol–water partition coefficient (Wildman–Crippen LogP) is 0.274. The number of likely N-dealkylation sites (tertiary alicyclic amines) is 1. The van der Waals surface area contributed by atoms with Crippen molar-refractivity contribution < 1.29 is 9.90 Å². The van der Waals surface area contributed by atoms with Crippen molar-refractivity contribution in [3.05, 3.63) is 42.4 Å². The van der Waals surface area contributed by atoms with Crippen LogP contribution in [0.3, 0.4) is 0 Å².